The van der Waals surface area contributed by atoms with Crippen LogP contribution in [0, 0.1) is 0 Å². The van der Waals surface area contributed by atoms with Crippen molar-refractivity contribution in [2.75, 3.05) is 33.3 Å². The summed E-state index contributed by atoms with van der Waals surface area (Å²) < 4.78 is 5.73. The molecule has 114 valence electrons. The Morgan fingerprint density at radius 2 is 2.10 bits per heavy atom. The van der Waals surface area contributed by atoms with Crippen LogP contribution in [0.15, 0.2) is 0 Å². The molecule has 2 aliphatic rings. The first-order valence-electron chi connectivity index (χ1n) is 7.28. The van der Waals surface area contributed by atoms with E-state index >= 15 is 0 Å². The molecule has 2 aliphatic heterocycles. The van der Waals surface area contributed by atoms with Gasteiger partial charge in [0, 0.05) is 19.6 Å². The standard InChI is InChI=1S/C14H25N3O3/c1-5-11-12(18)15-14(2,3)13(19)17(11)9-10-8-16(4)6-7-20-10/h10-11H,5-9H2,1-4H3,(H,15,18). The summed E-state index contributed by atoms with van der Waals surface area (Å²) in [4.78, 5) is 28.6. The number of carbonyl (C=O) groups is 2. The average molecular weight is 283 g/mol. The molecule has 0 aliphatic carbocycles. The molecule has 0 saturated carbocycles. The highest BCUT2D eigenvalue weighted by Crippen LogP contribution is 2.21. The van der Waals surface area contributed by atoms with Gasteiger partial charge in [-0.05, 0) is 27.3 Å². The molecule has 0 aromatic heterocycles. The van der Waals surface area contributed by atoms with Gasteiger partial charge in [0.2, 0.25) is 11.8 Å². The number of hydrogen-bond acceptors (Lipinski definition) is 4. The molecule has 0 spiro atoms. The van der Waals surface area contributed by atoms with Crippen LogP contribution >= 0.6 is 0 Å². The fourth-order valence-corrected chi connectivity index (χ4v) is 2.90. The summed E-state index contributed by atoms with van der Waals surface area (Å²) in [6.45, 7) is 8.29. The van der Waals surface area contributed by atoms with Gasteiger partial charge in [0.15, 0.2) is 0 Å². The third kappa shape index (κ3) is 2.96. The Labute approximate surface area is 120 Å². The predicted molar refractivity (Wildman–Crippen MR) is 75.3 cm³/mol. The van der Waals surface area contributed by atoms with Crippen LogP contribution in [0.5, 0.6) is 0 Å². The lowest BCUT2D eigenvalue weighted by Crippen LogP contribution is -2.69. The SMILES string of the molecule is CCC1C(=O)NC(C)(C)C(=O)N1CC1CN(C)CCO1. The van der Waals surface area contributed by atoms with Crippen molar-refractivity contribution in [3.63, 3.8) is 0 Å². The van der Waals surface area contributed by atoms with Crippen LogP contribution in [0.3, 0.4) is 0 Å². The molecule has 20 heavy (non-hydrogen) atoms. The molecule has 0 bridgehead atoms. The van der Waals surface area contributed by atoms with Crippen LogP contribution in [0.25, 0.3) is 0 Å². The van der Waals surface area contributed by atoms with Gasteiger partial charge < -0.3 is 19.9 Å². The highest BCUT2D eigenvalue weighted by Gasteiger charge is 2.45. The van der Waals surface area contributed by atoms with Gasteiger partial charge in [0.05, 0.1) is 12.7 Å². The molecule has 2 amide bonds. The maximum atomic E-state index is 12.6. The third-order valence-electron chi connectivity index (χ3n) is 4.04. The first kappa shape index (κ1) is 15.3. The van der Waals surface area contributed by atoms with Gasteiger partial charge in [0.25, 0.3) is 0 Å². The second-order valence-electron chi connectivity index (χ2n) is 6.25. The highest BCUT2D eigenvalue weighted by atomic mass is 16.5. The molecule has 6 nitrogen and oxygen atoms in total. The molecule has 0 aromatic rings. The number of hydrogen-bond donors (Lipinski definition) is 1. The lowest BCUT2D eigenvalue weighted by molar-refractivity contribution is -0.157. The molecule has 1 N–H and O–H groups in total. The van der Waals surface area contributed by atoms with Crippen molar-refractivity contribution in [2.24, 2.45) is 0 Å². The van der Waals surface area contributed by atoms with Crippen LogP contribution in [0.4, 0.5) is 0 Å². The van der Waals surface area contributed by atoms with Crippen molar-refractivity contribution in [3.05, 3.63) is 0 Å². The molecular weight excluding hydrogens is 258 g/mol. The van der Waals surface area contributed by atoms with E-state index in [1.165, 1.54) is 0 Å². The number of nitrogens with one attached hydrogen (secondary N) is 1. The number of morpholine rings is 1. The van der Waals surface area contributed by atoms with Crippen LogP contribution in [0.1, 0.15) is 27.2 Å². The Bertz CT molecular complexity index is 397. The summed E-state index contributed by atoms with van der Waals surface area (Å²) >= 11 is 0. The minimum absolute atomic E-state index is 0.0200. The van der Waals surface area contributed by atoms with Crippen molar-refractivity contribution >= 4 is 11.8 Å². The van der Waals surface area contributed by atoms with E-state index in [1.54, 1.807) is 18.7 Å². The first-order chi connectivity index (χ1) is 9.35. The van der Waals surface area contributed by atoms with Gasteiger partial charge in [-0.2, -0.15) is 0 Å². The van der Waals surface area contributed by atoms with Crippen molar-refractivity contribution in [3.8, 4) is 0 Å². The van der Waals surface area contributed by atoms with E-state index in [4.69, 9.17) is 4.74 Å². The normalized spacial score (nSPS) is 31.3. The van der Waals surface area contributed by atoms with Gasteiger partial charge in [-0.1, -0.05) is 6.92 Å². The molecule has 6 heteroatoms. The van der Waals surface area contributed by atoms with Crippen LogP contribution in [-0.2, 0) is 14.3 Å². The highest BCUT2D eigenvalue weighted by molar-refractivity contribution is 5.99. The van der Waals surface area contributed by atoms with Gasteiger partial charge >= 0.3 is 0 Å². The molecule has 0 radical (unpaired) electrons. The maximum absolute atomic E-state index is 12.6. The number of likely N-dealkylation sites (N-methyl/N-ethyl adjacent to an activating group) is 1. The molecular formula is C14H25N3O3. The Hall–Kier alpha value is -1.14. The molecule has 2 unspecified atom stereocenters. The molecule has 2 heterocycles. The lowest BCUT2D eigenvalue weighted by Gasteiger charge is -2.44. The van der Waals surface area contributed by atoms with E-state index in [1.807, 2.05) is 14.0 Å². The van der Waals surface area contributed by atoms with Crippen LogP contribution < -0.4 is 5.32 Å². The average Bonchev–Trinajstić information content (AvgIpc) is 2.35. The molecule has 2 fully saturated rings. The number of nitrogens with zero attached hydrogens (tertiary/aromatic N) is 2. The first-order valence-corrected chi connectivity index (χ1v) is 7.28. The molecule has 2 atom stereocenters. The third-order valence-corrected chi connectivity index (χ3v) is 4.04. The van der Waals surface area contributed by atoms with Crippen LogP contribution in [0.2, 0.25) is 0 Å². The maximum Gasteiger partial charge on any atom is 0.248 e. The van der Waals surface area contributed by atoms with E-state index < -0.39 is 5.54 Å². The van der Waals surface area contributed by atoms with Gasteiger partial charge in [-0.15, -0.1) is 0 Å². The molecule has 0 aromatic carbocycles. The number of rotatable bonds is 3. The van der Waals surface area contributed by atoms with E-state index in [2.05, 4.69) is 10.2 Å². The quantitative estimate of drug-likeness (QED) is 0.781. The zero-order valence-corrected chi connectivity index (χ0v) is 12.8. The number of carbonyl (C=O) groups excluding carboxylic acids is 2. The molecule has 2 saturated heterocycles. The van der Waals surface area contributed by atoms with Gasteiger partial charge in [0.1, 0.15) is 11.6 Å². The predicted octanol–water partition coefficient (Wildman–Crippen LogP) is -0.167. The largest absolute Gasteiger partial charge is 0.374 e. The minimum Gasteiger partial charge on any atom is -0.374 e. The Morgan fingerprint density at radius 1 is 1.40 bits per heavy atom. The van der Waals surface area contributed by atoms with Crippen molar-refractivity contribution in [1.82, 2.24) is 15.1 Å². The van der Waals surface area contributed by atoms with Gasteiger partial charge in [-0.3, -0.25) is 9.59 Å². The van der Waals surface area contributed by atoms with E-state index in [9.17, 15) is 9.59 Å². The monoisotopic (exact) mass is 283 g/mol. The molecule has 2 rings (SSSR count). The zero-order chi connectivity index (χ0) is 14.9. The Kier molecular flexibility index (Phi) is 4.34. The summed E-state index contributed by atoms with van der Waals surface area (Å²) in [5.41, 5.74) is -0.830. The van der Waals surface area contributed by atoms with Crippen molar-refractivity contribution < 1.29 is 14.3 Å². The summed E-state index contributed by atoms with van der Waals surface area (Å²) in [6.07, 6.45) is 0.601. The van der Waals surface area contributed by atoms with Crippen molar-refractivity contribution in [2.45, 2.75) is 44.9 Å². The fraction of sp³-hybridized carbons (Fsp3) is 0.857. The van der Waals surface area contributed by atoms with E-state index in [0.29, 0.717) is 19.6 Å². The van der Waals surface area contributed by atoms with Gasteiger partial charge in [-0.25, -0.2) is 0 Å². The topological polar surface area (TPSA) is 61.9 Å². The smallest absolute Gasteiger partial charge is 0.248 e. The van der Waals surface area contributed by atoms with Crippen molar-refractivity contribution in [1.29, 1.82) is 0 Å². The van der Waals surface area contributed by atoms with E-state index in [-0.39, 0.29) is 24.0 Å². The minimum atomic E-state index is -0.830. The summed E-state index contributed by atoms with van der Waals surface area (Å²) in [5, 5.41) is 2.80. The van der Waals surface area contributed by atoms with E-state index in [0.717, 1.165) is 13.1 Å². The second kappa shape index (κ2) is 5.69. The lowest BCUT2D eigenvalue weighted by atomic mass is 9.95. The summed E-state index contributed by atoms with van der Waals surface area (Å²) in [7, 11) is 2.04. The zero-order valence-electron chi connectivity index (χ0n) is 12.8. The second-order valence-corrected chi connectivity index (χ2v) is 6.25. The number of piperazine rings is 1. The Balaban J connectivity index is 2.12. The fourth-order valence-electron chi connectivity index (χ4n) is 2.90. The summed E-state index contributed by atoms with van der Waals surface area (Å²) in [5.74, 6) is -0.0953. The Morgan fingerprint density at radius 3 is 2.70 bits per heavy atom. The number of amides is 2. The number of ether oxygens (including phenoxy) is 1. The van der Waals surface area contributed by atoms with Crippen LogP contribution in [-0.4, -0.2) is 72.6 Å². The summed E-state index contributed by atoms with van der Waals surface area (Å²) in [6, 6.07) is -0.383.